The highest BCUT2D eigenvalue weighted by atomic mass is 16.3. The number of phenols is 4. The molecule has 0 fully saturated rings. The number of hydrogen-bond donors (Lipinski definition) is 4. The third-order valence-electron chi connectivity index (χ3n) is 5.39. The van der Waals surface area contributed by atoms with Gasteiger partial charge in [0.05, 0.1) is 0 Å². The van der Waals surface area contributed by atoms with Gasteiger partial charge >= 0.3 is 0 Å². The van der Waals surface area contributed by atoms with Crippen LogP contribution in [-0.4, -0.2) is 20.4 Å². The fraction of sp³-hybridized carbons (Fsp3) is 0.273. The zero-order chi connectivity index (χ0) is 18.6. The Kier molecular flexibility index (Phi) is 3.72. The van der Waals surface area contributed by atoms with Gasteiger partial charge in [0.1, 0.15) is 0 Å². The first-order valence-corrected chi connectivity index (χ1v) is 8.87. The quantitative estimate of drug-likeness (QED) is 0.585. The van der Waals surface area contributed by atoms with Crippen LogP contribution in [0.25, 0.3) is 17.7 Å². The van der Waals surface area contributed by atoms with E-state index in [1.54, 1.807) is 12.1 Å². The number of benzene rings is 2. The molecule has 0 saturated heterocycles. The highest BCUT2D eigenvalue weighted by Gasteiger charge is 2.35. The molecule has 4 nitrogen and oxygen atoms in total. The van der Waals surface area contributed by atoms with Crippen molar-refractivity contribution < 1.29 is 20.4 Å². The Labute approximate surface area is 152 Å². The zero-order valence-corrected chi connectivity index (χ0v) is 14.8. The van der Waals surface area contributed by atoms with E-state index in [-0.39, 0.29) is 34.8 Å². The molecule has 0 spiro atoms. The lowest BCUT2D eigenvalue weighted by atomic mass is 9.67. The molecule has 0 aromatic heterocycles. The SMILES string of the molecule is CC(C)C[C@H]1c2cc(O)c(O)cc2C=C2c3ccc(O)c(O)c3C=C[C@H]21. The molecule has 0 saturated carbocycles. The molecule has 0 aliphatic heterocycles. The van der Waals surface area contributed by atoms with Crippen LogP contribution in [0.1, 0.15) is 48.4 Å². The van der Waals surface area contributed by atoms with Crippen molar-refractivity contribution in [1.82, 2.24) is 0 Å². The lowest BCUT2D eigenvalue weighted by molar-refractivity contribution is 0.399. The van der Waals surface area contributed by atoms with Crippen molar-refractivity contribution in [2.75, 3.05) is 0 Å². The number of phenolic OH excluding ortho intramolecular Hbond substituents is 4. The third kappa shape index (κ3) is 2.45. The van der Waals surface area contributed by atoms with E-state index in [1.165, 1.54) is 6.07 Å². The maximum atomic E-state index is 10.2. The molecule has 4 N–H and O–H groups in total. The molecule has 0 unspecified atom stereocenters. The van der Waals surface area contributed by atoms with Gasteiger partial charge < -0.3 is 20.4 Å². The van der Waals surface area contributed by atoms with Gasteiger partial charge in [0.15, 0.2) is 23.0 Å². The van der Waals surface area contributed by atoms with Gasteiger partial charge in [-0.1, -0.05) is 38.1 Å². The van der Waals surface area contributed by atoms with Crippen LogP contribution in [0.3, 0.4) is 0 Å². The van der Waals surface area contributed by atoms with E-state index in [0.717, 1.165) is 28.7 Å². The maximum Gasteiger partial charge on any atom is 0.165 e. The largest absolute Gasteiger partial charge is 0.504 e. The minimum absolute atomic E-state index is 0.0999. The smallest absolute Gasteiger partial charge is 0.165 e. The molecule has 2 aliphatic rings. The van der Waals surface area contributed by atoms with Crippen LogP contribution >= 0.6 is 0 Å². The molecule has 134 valence electrons. The van der Waals surface area contributed by atoms with E-state index < -0.39 is 0 Å². The van der Waals surface area contributed by atoms with Gasteiger partial charge in [-0.15, -0.1) is 0 Å². The van der Waals surface area contributed by atoms with Crippen LogP contribution in [0.2, 0.25) is 0 Å². The molecule has 4 heteroatoms. The summed E-state index contributed by atoms with van der Waals surface area (Å²) in [6, 6.07) is 6.60. The molecule has 2 atom stereocenters. The monoisotopic (exact) mass is 350 g/mol. The fourth-order valence-electron chi connectivity index (χ4n) is 4.22. The lowest BCUT2D eigenvalue weighted by Crippen LogP contribution is -2.21. The number of hydrogen-bond acceptors (Lipinski definition) is 4. The van der Waals surface area contributed by atoms with Crippen molar-refractivity contribution in [1.29, 1.82) is 0 Å². The van der Waals surface area contributed by atoms with Crippen molar-refractivity contribution in [2.45, 2.75) is 26.2 Å². The summed E-state index contributed by atoms with van der Waals surface area (Å²) in [4.78, 5) is 0. The summed E-state index contributed by atoms with van der Waals surface area (Å²) in [5, 5.41) is 40.0. The Bertz CT molecular complexity index is 953. The fourth-order valence-corrected chi connectivity index (χ4v) is 4.22. The van der Waals surface area contributed by atoms with Crippen LogP contribution in [-0.2, 0) is 0 Å². The maximum absolute atomic E-state index is 10.2. The van der Waals surface area contributed by atoms with Crippen LogP contribution in [0, 0.1) is 11.8 Å². The Balaban J connectivity index is 1.95. The van der Waals surface area contributed by atoms with Crippen LogP contribution in [0.5, 0.6) is 23.0 Å². The van der Waals surface area contributed by atoms with E-state index in [4.69, 9.17) is 0 Å². The lowest BCUT2D eigenvalue weighted by Gasteiger charge is -2.36. The van der Waals surface area contributed by atoms with E-state index in [2.05, 4.69) is 19.9 Å². The first kappa shape index (κ1) is 16.6. The van der Waals surface area contributed by atoms with Gasteiger partial charge in [0, 0.05) is 11.5 Å². The summed E-state index contributed by atoms with van der Waals surface area (Å²) >= 11 is 0. The Morgan fingerprint density at radius 1 is 0.962 bits per heavy atom. The standard InChI is InChI=1S/C22H22O4/c1-11(2)7-17-14-3-4-15-13(5-6-19(23)22(15)26)18(14)8-12-9-20(24)21(25)10-16(12)17/h3-6,8-11,14,17,23-26H,7H2,1-2H3/t14-,17+/m0/s1. The summed E-state index contributed by atoms with van der Waals surface area (Å²) in [5.74, 6) is 0.260. The summed E-state index contributed by atoms with van der Waals surface area (Å²) in [6.45, 7) is 4.34. The molecule has 2 aliphatic carbocycles. The summed E-state index contributed by atoms with van der Waals surface area (Å²) in [7, 11) is 0. The minimum atomic E-state index is -0.137. The van der Waals surface area contributed by atoms with E-state index >= 15 is 0 Å². The molecular formula is C22H22O4. The molecule has 0 radical (unpaired) electrons. The van der Waals surface area contributed by atoms with Crippen molar-refractivity contribution >= 4 is 17.7 Å². The Morgan fingerprint density at radius 3 is 2.42 bits per heavy atom. The first-order chi connectivity index (χ1) is 12.4. The van der Waals surface area contributed by atoms with Crippen LogP contribution in [0.15, 0.2) is 30.3 Å². The van der Waals surface area contributed by atoms with E-state index in [1.807, 2.05) is 18.2 Å². The van der Waals surface area contributed by atoms with Gasteiger partial charge in [-0.2, -0.15) is 0 Å². The zero-order valence-electron chi connectivity index (χ0n) is 14.8. The van der Waals surface area contributed by atoms with Gasteiger partial charge in [-0.25, -0.2) is 0 Å². The highest BCUT2D eigenvalue weighted by molar-refractivity contribution is 5.94. The average molecular weight is 350 g/mol. The minimum Gasteiger partial charge on any atom is -0.504 e. The second-order valence-electron chi connectivity index (χ2n) is 7.58. The van der Waals surface area contributed by atoms with Crippen molar-refractivity contribution in [2.24, 2.45) is 11.8 Å². The molecule has 0 heterocycles. The van der Waals surface area contributed by atoms with Crippen molar-refractivity contribution in [3.8, 4) is 23.0 Å². The van der Waals surface area contributed by atoms with E-state index in [9.17, 15) is 20.4 Å². The van der Waals surface area contributed by atoms with Gasteiger partial charge in [0.2, 0.25) is 0 Å². The highest BCUT2D eigenvalue weighted by Crippen LogP contribution is 2.52. The Morgan fingerprint density at radius 2 is 1.69 bits per heavy atom. The second-order valence-corrected chi connectivity index (χ2v) is 7.58. The predicted octanol–water partition coefficient (Wildman–Crippen LogP) is 4.84. The van der Waals surface area contributed by atoms with E-state index in [0.29, 0.717) is 11.5 Å². The second kappa shape index (κ2) is 5.84. The third-order valence-corrected chi connectivity index (χ3v) is 5.39. The first-order valence-electron chi connectivity index (χ1n) is 8.87. The number of fused-ring (bicyclic) bond motifs is 4. The van der Waals surface area contributed by atoms with Crippen LogP contribution < -0.4 is 0 Å². The van der Waals surface area contributed by atoms with Gasteiger partial charge in [-0.05, 0) is 58.7 Å². The Hall–Kier alpha value is -2.88. The predicted molar refractivity (Wildman–Crippen MR) is 102 cm³/mol. The van der Waals surface area contributed by atoms with Gasteiger partial charge in [-0.3, -0.25) is 0 Å². The molecule has 26 heavy (non-hydrogen) atoms. The summed E-state index contributed by atoms with van der Waals surface area (Å²) < 4.78 is 0. The molecular weight excluding hydrogens is 328 g/mol. The molecule has 2 aromatic carbocycles. The summed E-state index contributed by atoms with van der Waals surface area (Å²) in [6.07, 6.45) is 6.87. The normalized spacial score (nSPS) is 20.3. The van der Waals surface area contributed by atoms with Crippen molar-refractivity contribution in [3.05, 3.63) is 52.6 Å². The summed E-state index contributed by atoms with van der Waals surface area (Å²) in [5.41, 5.74) is 4.47. The average Bonchev–Trinajstić information content (AvgIpc) is 2.59. The number of rotatable bonds is 2. The number of aromatic hydroxyl groups is 4. The topological polar surface area (TPSA) is 80.9 Å². The molecule has 2 aromatic rings. The molecule has 4 rings (SSSR count). The number of allylic oxidation sites excluding steroid dienone is 2. The van der Waals surface area contributed by atoms with Gasteiger partial charge in [0.25, 0.3) is 0 Å². The molecule has 0 amide bonds. The van der Waals surface area contributed by atoms with Crippen molar-refractivity contribution in [3.63, 3.8) is 0 Å². The molecule has 0 bridgehead atoms. The van der Waals surface area contributed by atoms with Crippen LogP contribution in [0.4, 0.5) is 0 Å².